The van der Waals surface area contributed by atoms with Gasteiger partial charge in [0.05, 0.1) is 0 Å². The number of carbonyl (C=O) groups is 2. The Bertz CT molecular complexity index is 941. The molecule has 3 rings (SSSR count). The van der Waals surface area contributed by atoms with Crippen molar-refractivity contribution in [2.24, 2.45) is 0 Å². The molecule has 0 amide bonds. The fraction of sp³-hybridized carbons (Fsp3) is 0.500. The summed E-state index contributed by atoms with van der Waals surface area (Å²) in [6.07, 6.45) is 6.62. The molecule has 1 aliphatic rings. The Morgan fingerprint density at radius 1 is 0.667 bits per heavy atom. The number of hydrogen-bond acceptors (Lipinski definition) is 4. The first kappa shape index (κ1) is 29.4. The maximum Gasteiger partial charge on any atom is 0.306 e. The Hall–Kier alpha value is -2.88. The SMILES string of the molecule is C=C1CCc2ccccc2CC1.CC(C)(C)OC(=O)CCc1ccccc1CCC(=O)OC(C)(C)C. The molecule has 0 bridgehead atoms. The minimum Gasteiger partial charge on any atom is -0.460 e. The first-order chi connectivity index (χ1) is 16.8. The largest absolute Gasteiger partial charge is 0.460 e. The van der Waals surface area contributed by atoms with Crippen LogP contribution >= 0.6 is 0 Å². The van der Waals surface area contributed by atoms with Gasteiger partial charge in [-0.25, -0.2) is 0 Å². The second-order valence-corrected chi connectivity index (χ2v) is 11.5. The molecule has 36 heavy (non-hydrogen) atoms. The lowest BCUT2D eigenvalue weighted by atomic mass is 9.99. The molecular weight excluding hydrogens is 448 g/mol. The van der Waals surface area contributed by atoms with E-state index in [9.17, 15) is 9.59 Å². The molecule has 0 heterocycles. The maximum atomic E-state index is 11.9. The zero-order chi connectivity index (χ0) is 26.8. The van der Waals surface area contributed by atoms with E-state index < -0.39 is 11.2 Å². The average Bonchev–Trinajstić information content (AvgIpc) is 2.97. The van der Waals surface area contributed by atoms with E-state index >= 15 is 0 Å². The molecule has 4 nitrogen and oxygen atoms in total. The highest BCUT2D eigenvalue weighted by Crippen LogP contribution is 2.22. The standard InChI is InChI=1S/C20H30O4.C12H14/c1-19(2,3)23-17(21)13-11-15-9-7-8-10-16(15)12-14-18(22)24-20(4,5)6;1-10-6-8-11-4-2-3-5-12(11)9-7-10/h7-10H,11-14H2,1-6H3;2-5H,1,6-9H2. The van der Waals surface area contributed by atoms with Crippen molar-refractivity contribution in [2.45, 2.75) is 104 Å². The summed E-state index contributed by atoms with van der Waals surface area (Å²) in [5.41, 5.74) is 5.68. The first-order valence-electron chi connectivity index (χ1n) is 13.1. The normalized spacial score (nSPS) is 13.6. The van der Waals surface area contributed by atoms with Crippen molar-refractivity contribution in [1.82, 2.24) is 0 Å². The van der Waals surface area contributed by atoms with E-state index in [4.69, 9.17) is 9.47 Å². The molecule has 0 fully saturated rings. The molecule has 0 spiro atoms. The summed E-state index contributed by atoms with van der Waals surface area (Å²) < 4.78 is 10.7. The van der Waals surface area contributed by atoms with E-state index in [-0.39, 0.29) is 11.9 Å². The molecule has 0 saturated heterocycles. The van der Waals surface area contributed by atoms with Crippen molar-refractivity contribution in [3.05, 3.63) is 82.9 Å². The zero-order valence-electron chi connectivity index (χ0n) is 23.1. The minimum absolute atomic E-state index is 0.204. The number of fused-ring (bicyclic) bond motifs is 1. The fourth-order valence-electron chi connectivity index (χ4n) is 4.10. The minimum atomic E-state index is -0.465. The number of ether oxygens (including phenoxy) is 2. The van der Waals surface area contributed by atoms with Gasteiger partial charge in [-0.2, -0.15) is 0 Å². The van der Waals surface area contributed by atoms with Gasteiger partial charge in [0.1, 0.15) is 11.2 Å². The van der Waals surface area contributed by atoms with Crippen LogP contribution in [0.4, 0.5) is 0 Å². The van der Waals surface area contributed by atoms with E-state index in [1.807, 2.05) is 65.8 Å². The number of allylic oxidation sites excluding steroid dienone is 1. The molecule has 0 N–H and O–H groups in total. The lowest BCUT2D eigenvalue weighted by molar-refractivity contribution is -0.156. The fourth-order valence-corrected chi connectivity index (χ4v) is 4.10. The van der Waals surface area contributed by atoms with Crippen LogP contribution in [-0.4, -0.2) is 23.1 Å². The van der Waals surface area contributed by atoms with Gasteiger partial charge in [-0.05, 0) is 102 Å². The molecule has 0 unspecified atom stereocenters. The third kappa shape index (κ3) is 11.7. The van der Waals surface area contributed by atoms with Crippen LogP contribution in [0, 0.1) is 0 Å². The van der Waals surface area contributed by atoms with Gasteiger partial charge in [0, 0.05) is 12.8 Å². The van der Waals surface area contributed by atoms with E-state index in [0.717, 1.165) is 11.1 Å². The average molecular weight is 493 g/mol. The summed E-state index contributed by atoms with van der Waals surface area (Å²) in [6.45, 7) is 15.2. The van der Waals surface area contributed by atoms with Crippen LogP contribution in [0.3, 0.4) is 0 Å². The molecule has 2 aromatic rings. The molecule has 0 aromatic heterocycles. The summed E-state index contributed by atoms with van der Waals surface area (Å²) in [7, 11) is 0. The van der Waals surface area contributed by atoms with Crippen LogP contribution in [-0.2, 0) is 44.7 Å². The summed E-state index contributed by atoms with van der Waals surface area (Å²) in [5, 5.41) is 0. The van der Waals surface area contributed by atoms with E-state index in [1.165, 1.54) is 42.4 Å². The van der Waals surface area contributed by atoms with Crippen molar-refractivity contribution in [2.75, 3.05) is 0 Å². The molecule has 4 heteroatoms. The third-order valence-corrected chi connectivity index (χ3v) is 5.77. The molecule has 0 atom stereocenters. The lowest BCUT2D eigenvalue weighted by Crippen LogP contribution is -2.24. The van der Waals surface area contributed by atoms with Crippen LogP contribution in [0.15, 0.2) is 60.7 Å². The maximum absolute atomic E-state index is 11.9. The number of esters is 2. The highest BCUT2D eigenvalue weighted by atomic mass is 16.6. The van der Waals surface area contributed by atoms with Gasteiger partial charge >= 0.3 is 11.9 Å². The smallest absolute Gasteiger partial charge is 0.306 e. The van der Waals surface area contributed by atoms with Crippen molar-refractivity contribution in [3.63, 3.8) is 0 Å². The Balaban J connectivity index is 0.000000313. The van der Waals surface area contributed by atoms with Crippen molar-refractivity contribution in [3.8, 4) is 0 Å². The second kappa shape index (κ2) is 13.4. The summed E-state index contributed by atoms with van der Waals surface area (Å²) in [5.74, 6) is -0.408. The highest BCUT2D eigenvalue weighted by Gasteiger charge is 2.18. The van der Waals surface area contributed by atoms with Crippen molar-refractivity contribution < 1.29 is 19.1 Å². The monoisotopic (exact) mass is 492 g/mol. The van der Waals surface area contributed by atoms with Gasteiger partial charge in [-0.1, -0.05) is 60.7 Å². The third-order valence-electron chi connectivity index (χ3n) is 5.77. The Morgan fingerprint density at radius 3 is 1.39 bits per heavy atom. The quantitative estimate of drug-likeness (QED) is 0.240. The van der Waals surface area contributed by atoms with Gasteiger partial charge in [-0.3, -0.25) is 9.59 Å². The van der Waals surface area contributed by atoms with Gasteiger partial charge < -0.3 is 9.47 Å². The summed E-state index contributed by atoms with van der Waals surface area (Å²) in [4.78, 5) is 23.7. The summed E-state index contributed by atoms with van der Waals surface area (Å²) in [6, 6.07) is 16.6. The lowest BCUT2D eigenvalue weighted by Gasteiger charge is -2.20. The Kier molecular flexibility index (Phi) is 11.0. The Morgan fingerprint density at radius 2 is 1.03 bits per heavy atom. The number of hydrogen-bond donors (Lipinski definition) is 0. The Labute approximate surface area is 218 Å². The van der Waals surface area contributed by atoms with E-state index in [1.54, 1.807) is 0 Å². The number of rotatable bonds is 6. The van der Waals surface area contributed by atoms with E-state index in [0.29, 0.717) is 25.7 Å². The topological polar surface area (TPSA) is 52.6 Å². The van der Waals surface area contributed by atoms with Crippen LogP contribution in [0.5, 0.6) is 0 Å². The molecule has 196 valence electrons. The predicted octanol–water partition coefficient (Wildman–Crippen LogP) is 7.36. The number of aryl methyl sites for hydroxylation is 4. The summed E-state index contributed by atoms with van der Waals surface area (Å²) >= 11 is 0. The molecule has 2 aromatic carbocycles. The predicted molar refractivity (Wildman–Crippen MR) is 147 cm³/mol. The molecular formula is C32H44O4. The number of carbonyl (C=O) groups excluding carboxylic acids is 2. The van der Waals surface area contributed by atoms with E-state index in [2.05, 4.69) is 30.8 Å². The zero-order valence-corrected chi connectivity index (χ0v) is 23.1. The van der Waals surface area contributed by atoms with Crippen molar-refractivity contribution >= 4 is 11.9 Å². The van der Waals surface area contributed by atoms with Gasteiger partial charge in [0.15, 0.2) is 0 Å². The molecule has 0 saturated carbocycles. The first-order valence-corrected chi connectivity index (χ1v) is 13.1. The van der Waals surface area contributed by atoms with Gasteiger partial charge in [0.2, 0.25) is 0 Å². The number of benzene rings is 2. The van der Waals surface area contributed by atoms with Gasteiger partial charge in [0.25, 0.3) is 0 Å². The highest BCUT2D eigenvalue weighted by molar-refractivity contribution is 5.71. The van der Waals surface area contributed by atoms with Gasteiger partial charge in [-0.15, -0.1) is 0 Å². The molecule has 0 radical (unpaired) electrons. The molecule has 1 aliphatic carbocycles. The van der Waals surface area contributed by atoms with Crippen LogP contribution in [0.1, 0.15) is 89.5 Å². The molecule has 0 aliphatic heterocycles. The van der Waals surface area contributed by atoms with Crippen LogP contribution in [0.25, 0.3) is 0 Å². The van der Waals surface area contributed by atoms with Crippen molar-refractivity contribution in [1.29, 1.82) is 0 Å². The van der Waals surface area contributed by atoms with Crippen LogP contribution < -0.4 is 0 Å². The van der Waals surface area contributed by atoms with Crippen LogP contribution in [0.2, 0.25) is 0 Å². The second-order valence-electron chi connectivity index (χ2n) is 11.5.